The van der Waals surface area contributed by atoms with Gasteiger partial charge in [0.05, 0.1) is 11.8 Å². The van der Waals surface area contributed by atoms with Crippen LogP contribution in [0.1, 0.15) is 28.4 Å². The van der Waals surface area contributed by atoms with Crippen molar-refractivity contribution in [3.05, 3.63) is 47.3 Å². The predicted molar refractivity (Wildman–Crippen MR) is 66.9 cm³/mol. The molecule has 0 saturated carbocycles. The molecule has 0 atom stereocenters. The van der Waals surface area contributed by atoms with E-state index in [-0.39, 0.29) is 5.78 Å². The van der Waals surface area contributed by atoms with Gasteiger partial charge in [-0.2, -0.15) is 5.10 Å². The molecule has 1 aromatic heterocycles. The first-order valence-electron chi connectivity index (χ1n) is 5.55. The van der Waals surface area contributed by atoms with Gasteiger partial charge in [0, 0.05) is 24.0 Å². The van der Waals surface area contributed by atoms with Crippen molar-refractivity contribution in [2.45, 2.75) is 20.4 Å². The van der Waals surface area contributed by atoms with Gasteiger partial charge in [0.25, 0.3) is 0 Å². The van der Waals surface area contributed by atoms with Crippen molar-refractivity contribution in [3.63, 3.8) is 0 Å². The third kappa shape index (κ3) is 2.06. The number of rotatable bonds is 3. The number of hydrogen-bond acceptors (Lipinski definition) is 3. The molecule has 2 aromatic rings. The number of hydrogen-bond donors (Lipinski definition) is 1. The monoisotopic (exact) mass is 229 g/mol. The number of carbonyl (C=O) groups excluding carboxylic acids is 1. The standard InChI is InChI=1S/C13H15N3O/c1-3-16-8-10(7-15-16)13(17)11-5-4-6-12(14)9(11)2/h4-8H,3,14H2,1-2H3. The van der Waals surface area contributed by atoms with Crippen LogP contribution in [0.15, 0.2) is 30.6 Å². The van der Waals surface area contributed by atoms with Crippen LogP contribution in [0.3, 0.4) is 0 Å². The summed E-state index contributed by atoms with van der Waals surface area (Å²) >= 11 is 0. The van der Waals surface area contributed by atoms with Crippen molar-refractivity contribution < 1.29 is 4.79 Å². The number of nitrogens with zero attached hydrogens (tertiary/aromatic N) is 2. The van der Waals surface area contributed by atoms with Crippen LogP contribution in [-0.4, -0.2) is 15.6 Å². The summed E-state index contributed by atoms with van der Waals surface area (Å²) in [4.78, 5) is 12.2. The Labute approximate surface area is 100 Å². The largest absolute Gasteiger partial charge is 0.398 e. The van der Waals surface area contributed by atoms with Crippen molar-refractivity contribution in [1.29, 1.82) is 0 Å². The summed E-state index contributed by atoms with van der Waals surface area (Å²) in [5.41, 5.74) is 8.49. The first kappa shape index (κ1) is 11.4. The van der Waals surface area contributed by atoms with Crippen molar-refractivity contribution in [2.75, 3.05) is 5.73 Å². The van der Waals surface area contributed by atoms with Crippen LogP contribution in [0.4, 0.5) is 5.69 Å². The van der Waals surface area contributed by atoms with Gasteiger partial charge >= 0.3 is 0 Å². The number of carbonyl (C=O) groups is 1. The van der Waals surface area contributed by atoms with Crippen LogP contribution in [0.5, 0.6) is 0 Å². The zero-order valence-corrected chi connectivity index (χ0v) is 9.97. The first-order chi connectivity index (χ1) is 8.13. The lowest BCUT2D eigenvalue weighted by Gasteiger charge is -2.05. The molecule has 0 saturated heterocycles. The second kappa shape index (κ2) is 4.41. The molecule has 0 spiro atoms. The van der Waals surface area contributed by atoms with Gasteiger partial charge in [0.2, 0.25) is 0 Å². The maximum Gasteiger partial charge on any atom is 0.196 e. The van der Waals surface area contributed by atoms with Gasteiger partial charge in [-0.1, -0.05) is 12.1 Å². The average molecular weight is 229 g/mol. The number of nitrogen functional groups attached to an aromatic ring is 1. The smallest absolute Gasteiger partial charge is 0.196 e. The molecule has 0 radical (unpaired) electrons. The second-order valence-corrected chi connectivity index (χ2v) is 3.93. The zero-order valence-electron chi connectivity index (χ0n) is 9.97. The Bertz CT molecular complexity index is 558. The molecule has 0 fully saturated rings. The first-order valence-corrected chi connectivity index (χ1v) is 5.55. The summed E-state index contributed by atoms with van der Waals surface area (Å²) in [5.74, 6) is -0.0329. The van der Waals surface area contributed by atoms with Crippen LogP contribution < -0.4 is 5.73 Å². The van der Waals surface area contributed by atoms with Gasteiger partial charge in [-0.15, -0.1) is 0 Å². The minimum Gasteiger partial charge on any atom is -0.398 e. The fourth-order valence-electron chi connectivity index (χ4n) is 1.71. The topological polar surface area (TPSA) is 60.9 Å². The molecule has 0 aliphatic heterocycles. The van der Waals surface area contributed by atoms with Gasteiger partial charge in [0.15, 0.2) is 5.78 Å². The summed E-state index contributed by atoms with van der Waals surface area (Å²) in [6, 6.07) is 5.37. The molecule has 0 unspecified atom stereocenters. The predicted octanol–water partition coefficient (Wildman–Crippen LogP) is 2.02. The van der Waals surface area contributed by atoms with E-state index in [1.54, 1.807) is 35.3 Å². The highest BCUT2D eigenvalue weighted by Crippen LogP contribution is 2.18. The fraction of sp³-hybridized carbons (Fsp3) is 0.231. The van der Waals surface area contributed by atoms with Crippen molar-refractivity contribution in [1.82, 2.24) is 9.78 Å². The van der Waals surface area contributed by atoms with E-state index in [2.05, 4.69) is 5.10 Å². The summed E-state index contributed by atoms with van der Waals surface area (Å²) in [7, 11) is 0. The molecular weight excluding hydrogens is 214 g/mol. The molecule has 4 nitrogen and oxygen atoms in total. The van der Waals surface area contributed by atoms with E-state index >= 15 is 0 Å². The normalized spacial score (nSPS) is 10.5. The van der Waals surface area contributed by atoms with Gasteiger partial charge < -0.3 is 5.73 Å². The Balaban J connectivity index is 2.40. The van der Waals surface area contributed by atoms with E-state index in [0.29, 0.717) is 16.8 Å². The number of anilines is 1. The molecular formula is C13H15N3O. The lowest BCUT2D eigenvalue weighted by molar-refractivity contribution is 0.103. The van der Waals surface area contributed by atoms with E-state index < -0.39 is 0 Å². The van der Waals surface area contributed by atoms with Crippen LogP contribution in [-0.2, 0) is 6.54 Å². The molecule has 2 rings (SSSR count). The molecule has 17 heavy (non-hydrogen) atoms. The molecule has 1 heterocycles. The third-order valence-corrected chi connectivity index (χ3v) is 2.84. The summed E-state index contributed by atoms with van der Waals surface area (Å²) in [6.07, 6.45) is 3.35. The minimum atomic E-state index is -0.0329. The number of aromatic nitrogens is 2. The maximum atomic E-state index is 12.2. The van der Waals surface area contributed by atoms with E-state index in [4.69, 9.17) is 5.73 Å². The van der Waals surface area contributed by atoms with Gasteiger partial charge in [0.1, 0.15) is 0 Å². The number of aryl methyl sites for hydroxylation is 1. The molecule has 2 N–H and O–H groups in total. The third-order valence-electron chi connectivity index (χ3n) is 2.84. The molecule has 0 aliphatic rings. The number of benzene rings is 1. The molecule has 0 amide bonds. The quantitative estimate of drug-likeness (QED) is 0.647. The van der Waals surface area contributed by atoms with E-state index in [1.807, 2.05) is 13.8 Å². The highest BCUT2D eigenvalue weighted by Gasteiger charge is 2.14. The molecule has 88 valence electrons. The lowest BCUT2D eigenvalue weighted by atomic mass is 10.00. The molecule has 4 heteroatoms. The fourth-order valence-corrected chi connectivity index (χ4v) is 1.71. The highest BCUT2D eigenvalue weighted by molar-refractivity contribution is 6.10. The Hall–Kier alpha value is -2.10. The van der Waals surface area contributed by atoms with E-state index in [0.717, 1.165) is 12.1 Å². The van der Waals surface area contributed by atoms with Gasteiger partial charge in [-0.3, -0.25) is 9.48 Å². The maximum absolute atomic E-state index is 12.2. The molecule has 0 bridgehead atoms. The Morgan fingerprint density at radius 2 is 2.24 bits per heavy atom. The van der Waals surface area contributed by atoms with Crippen LogP contribution in [0.25, 0.3) is 0 Å². The minimum absolute atomic E-state index is 0.0329. The van der Waals surface area contributed by atoms with Crippen LogP contribution in [0.2, 0.25) is 0 Å². The van der Waals surface area contributed by atoms with Crippen LogP contribution >= 0.6 is 0 Å². The van der Waals surface area contributed by atoms with Crippen LogP contribution in [0, 0.1) is 6.92 Å². The second-order valence-electron chi connectivity index (χ2n) is 3.93. The van der Waals surface area contributed by atoms with E-state index in [9.17, 15) is 4.79 Å². The number of nitrogens with two attached hydrogens (primary N) is 1. The lowest BCUT2D eigenvalue weighted by Crippen LogP contribution is -2.04. The SMILES string of the molecule is CCn1cc(C(=O)c2cccc(N)c2C)cn1. The molecule has 1 aromatic carbocycles. The van der Waals surface area contributed by atoms with Gasteiger partial charge in [-0.25, -0.2) is 0 Å². The average Bonchev–Trinajstić information content (AvgIpc) is 2.80. The number of ketones is 1. The summed E-state index contributed by atoms with van der Waals surface area (Å²) in [5, 5.41) is 4.10. The Morgan fingerprint density at radius 3 is 2.88 bits per heavy atom. The summed E-state index contributed by atoms with van der Waals surface area (Å²) < 4.78 is 1.73. The molecule has 0 aliphatic carbocycles. The zero-order chi connectivity index (χ0) is 12.4. The van der Waals surface area contributed by atoms with E-state index in [1.165, 1.54) is 0 Å². The van der Waals surface area contributed by atoms with Crippen molar-refractivity contribution in [3.8, 4) is 0 Å². The Kier molecular flexibility index (Phi) is 2.95. The van der Waals surface area contributed by atoms with Gasteiger partial charge in [-0.05, 0) is 25.5 Å². The Morgan fingerprint density at radius 1 is 1.47 bits per heavy atom. The van der Waals surface area contributed by atoms with Crippen molar-refractivity contribution >= 4 is 11.5 Å². The van der Waals surface area contributed by atoms with Crippen molar-refractivity contribution in [2.24, 2.45) is 0 Å². The summed E-state index contributed by atoms with van der Waals surface area (Å²) in [6.45, 7) is 4.59. The highest BCUT2D eigenvalue weighted by atomic mass is 16.1.